The van der Waals surface area contributed by atoms with E-state index >= 15 is 0 Å². The first-order valence-electron chi connectivity index (χ1n) is 14.0. The van der Waals surface area contributed by atoms with E-state index in [2.05, 4.69) is 43.1 Å². The molecule has 214 valence electrons. The van der Waals surface area contributed by atoms with Gasteiger partial charge in [-0.25, -0.2) is 8.42 Å². The number of carbonyl (C=O) groups is 2. The number of rotatable bonds is 11. The molecule has 1 aliphatic heterocycles. The first kappa shape index (κ1) is 30.8. The second-order valence-electron chi connectivity index (χ2n) is 11.9. The smallest absolute Gasteiger partial charge is 0.227 e. The van der Waals surface area contributed by atoms with Gasteiger partial charge in [-0.3, -0.25) is 9.59 Å². The van der Waals surface area contributed by atoms with Crippen molar-refractivity contribution in [3.63, 3.8) is 0 Å². The summed E-state index contributed by atoms with van der Waals surface area (Å²) in [5.41, 5.74) is 1.89. The van der Waals surface area contributed by atoms with E-state index in [9.17, 15) is 18.0 Å². The van der Waals surface area contributed by atoms with Crippen molar-refractivity contribution in [3.8, 4) is 0 Å². The van der Waals surface area contributed by atoms with Crippen LogP contribution in [0.1, 0.15) is 70.5 Å². The lowest BCUT2D eigenvalue weighted by atomic mass is 9.91. The molecule has 3 rings (SSSR count). The number of likely N-dealkylation sites (N-methyl/N-ethyl adjacent to an activating group) is 1. The van der Waals surface area contributed by atoms with Crippen LogP contribution in [0.2, 0.25) is 0 Å². The van der Waals surface area contributed by atoms with Gasteiger partial charge >= 0.3 is 0 Å². The van der Waals surface area contributed by atoms with E-state index < -0.39 is 9.84 Å². The average molecular weight is 556 g/mol. The Kier molecular flexibility index (Phi) is 10.7. The van der Waals surface area contributed by atoms with Crippen LogP contribution >= 0.6 is 0 Å². The van der Waals surface area contributed by atoms with Crippen molar-refractivity contribution in [2.45, 2.75) is 76.8 Å². The number of likely N-dealkylation sites (tertiary alicyclic amines) is 1. The molecule has 2 amide bonds. The molecule has 0 saturated carbocycles. The van der Waals surface area contributed by atoms with Crippen LogP contribution in [0.3, 0.4) is 0 Å². The summed E-state index contributed by atoms with van der Waals surface area (Å²) in [6.45, 7) is 11.6. The zero-order chi connectivity index (χ0) is 28.6. The number of nitrogens with one attached hydrogen (secondary N) is 1. The number of hydrogen-bond acceptors (Lipinski definition) is 5. The topological polar surface area (TPSA) is 86.8 Å². The van der Waals surface area contributed by atoms with Crippen molar-refractivity contribution in [2.24, 2.45) is 5.41 Å². The fraction of sp³-hybridized carbons (Fsp3) is 0.548. The molecule has 0 aliphatic carbocycles. The van der Waals surface area contributed by atoms with E-state index in [-0.39, 0.29) is 40.6 Å². The largest absolute Gasteiger partial charge is 0.349 e. The van der Waals surface area contributed by atoms with E-state index in [1.54, 1.807) is 24.3 Å². The SMILES string of the molecule is CCN(C(=O)Cc1ccc(S(C)(=O)=O)cc1)C1CCN(CC[C@H](NC(=O)CC(C)(C)C)c2ccccc2)CC1. The van der Waals surface area contributed by atoms with E-state index in [1.165, 1.54) is 6.26 Å². The average Bonchev–Trinajstić information content (AvgIpc) is 2.87. The molecule has 0 aromatic heterocycles. The fourth-order valence-corrected chi connectivity index (χ4v) is 5.90. The van der Waals surface area contributed by atoms with Gasteiger partial charge in [0.2, 0.25) is 11.8 Å². The van der Waals surface area contributed by atoms with E-state index in [0.29, 0.717) is 13.0 Å². The molecule has 0 radical (unpaired) electrons. The minimum absolute atomic E-state index is 0.0263. The molecule has 1 atom stereocenters. The Morgan fingerprint density at radius 1 is 1.03 bits per heavy atom. The Morgan fingerprint density at radius 2 is 1.64 bits per heavy atom. The maximum Gasteiger partial charge on any atom is 0.227 e. The summed E-state index contributed by atoms with van der Waals surface area (Å²) in [5.74, 6) is 0.159. The minimum atomic E-state index is -3.25. The second-order valence-corrected chi connectivity index (χ2v) is 13.9. The molecule has 1 saturated heterocycles. The van der Waals surface area contributed by atoms with Crippen LogP contribution in [0.4, 0.5) is 0 Å². The molecule has 2 aromatic carbocycles. The molecule has 1 aliphatic rings. The maximum atomic E-state index is 13.1. The van der Waals surface area contributed by atoms with Crippen molar-refractivity contribution in [2.75, 3.05) is 32.4 Å². The van der Waals surface area contributed by atoms with E-state index in [4.69, 9.17) is 0 Å². The Morgan fingerprint density at radius 3 is 2.18 bits per heavy atom. The third-order valence-corrected chi connectivity index (χ3v) is 8.46. The highest BCUT2D eigenvalue weighted by molar-refractivity contribution is 7.90. The molecule has 1 N–H and O–H groups in total. The second kappa shape index (κ2) is 13.6. The number of nitrogens with zero attached hydrogens (tertiary/aromatic N) is 2. The normalized spacial score (nSPS) is 16.0. The Balaban J connectivity index is 1.53. The molecular weight excluding hydrogens is 510 g/mol. The third-order valence-electron chi connectivity index (χ3n) is 7.33. The molecule has 1 fully saturated rings. The summed E-state index contributed by atoms with van der Waals surface area (Å²) in [7, 11) is -3.25. The monoisotopic (exact) mass is 555 g/mol. The highest BCUT2D eigenvalue weighted by Crippen LogP contribution is 2.24. The van der Waals surface area contributed by atoms with Crippen molar-refractivity contribution >= 4 is 21.7 Å². The Bertz CT molecular complexity index is 1180. The molecule has 0 unspecified atom stereocenters. The summed E-state index contributed by atoms with van der Waals surface area (Å²) in [4.78, 5) is 30.5. The van der Waals surface area contributed by atoms with Gasteiger partial charge in [0, 0.05) is 44.9 Å². The molecular formula is C31H45N3O4S. The predicted octanol–water partition coefficient (Wildman–Crippen LogP) is 4.63. The van der Waals surface area contributed by atoms with Crippen LogP contribution in [0.15, 0.2) is 59.5 Å². The van der Waals surface area contributed by atoms with Gasteiger partial charge < -0.3 is 15.1 Å². The number of carbonyl (C=O) groups excluding carboxylic acids is 2. The van der Waals surface area contributed by atoms with Gasteiger partial charge in [0.15, 0.2) is 9.84 Å². The molecule has 39 heavy (non-hydrogen) atoms. The van der Waals surface area contributed by atoms with Crippen LogP contribution in [0.5, 0.6) is 0 Å². The first-order chi connectivity index (χ1) is 18.4. The zero-order valence-electron chi connectivity index (χ0n) is 24.2. The predicted molar refractivity (Wildman–Crippen MR) is 156 cm³/mol. The minimum Gasteiger partial charge on any atom is -0.349 e. The molecule has 0 bridgehead atoms. The van der Waals surface area contributed by atoms with Crippen molar-refractivity contribution in [3.05, 3.63) is 65.7 Å². The molecule has 0 spiro atoms. The highest BCUT2D eigenvalue weighted by atomic mass is 32.2. The van der Waals surface area contributed by atoms with Gasteiger partial charge in [-0.2, -0.15) is 0 Å². The number of hydrogen-bond donors (Lipinski definition) is 1. The van der Waals surface area contributed by atoms with Crippen LogP contribution < -0.4 is 5.32 Å². The fourth-order valence-electron chi connectivity index (χ4n) is 5.27. The summed E-state index contributed by atoms with van der Waals surface area (Å²) < 4.78 is 23.4. The molecule has 2 aromatic rings. The van der Waals surface area contributed by atoms with Crippen LogP contribution in [-0.4, -0.2) is 68.5 Å². The van der Waals surface area contributed by atoms with Gasteiger partial charge in [0.05, 0.1) is 17.4 Å². The molecule has 1 heterocycles. The number of amides is 2. The Hall–Kier alpha value is -2.71. The standard InChI is InChI=1S/C31H45N3O4S/c1-6-34(30(36)22-24-12-14-27(15-13-24)39(5,37)38)26-16-19-33(20-17-26)21-18-28(25-10-8-7-9-11-25)32-29(35)23-31(2,3)4/h7-15,26,28H,6,16-23H2,1-5H3,(H,32,35)/t28-/m0/s1. The van der Waals surface area contributed by atoms with Crippen LogP contribution in [0.25, 0.3) is 0 Å². The molecule has 7 nitrogen and oxygen atoms in total. The van der Waals surface area contributed by atoms with Gasteiger partial charge in [-0.15, -0.1) is 0 Å². The van der Waals surface area contributed by atoms with Gasteiger partial charge in [0.1, 0.15) is 0 Å². The summed E-state index contributed by atoms with van der Waals surface area (Å²) >= 11 is 0. The van der Waals surface area contributed by atoms with Gasteiger partial charge in [-0.1, -0.05) is 63.2 Å². The van der Waals surface area contributed by atoms with Crippen molar-refractivity contribution in [1.29, 1.82) is 0 Å². The lowest BCUT2D eigenvalue weighted by molar-refractivity contribution is -0.133. The number of piperidine rings is 1. The summed E-state index contributed by atoms with van der Waals surface area (Å²) in [6, 6.07) is 17.0. The van der Waals surface area contributed by atoms with Crippen LogP contribution in [-0.2, 0) is 25.8 Å². The molecule has 8 heteroatoms. The van der Waals surface area contributed by atoms with E-state index in [1.807, 2.05) is 30.0 Å². The highest BCUT2D eigenvalue weighted by Gasteiger charge is 2.28. The van der Waals surface area contributed by atoms with Gasteiger partial charge in [-0.05, 0) is 54.9 Å². The zero-order valence-corrected chi connectivity index (χ0v) is 25.0. The quantitative estimate of drug-likeness (QED) is 0.437. The lowest BCUT2D eigenvalue weighted by Crippen LogP contribution is -2.48. The van der Waals surface area contributed by atoms with E-state index in [0.717, 1.165) is 50.0 Å². The van der Waals surface area contributed by atoms with Crippen LogP contribution in [0, 0.1) is 5.41 Å². The van der Waals surface area contributed by atoms with Crippen molar-refractivity contribution < 1.29 is 18.0 Å². The van der Waals surface area contributed by atoms with Crippen molar-refractivity contribution in [1.82, 2.24) is 15.1 Å². The first-order valence-corrected chi connectivity index (χ1v) is 15.9. The summed E-state index contributed by atoms with van der Waals surface area (Å²) in [6.07, 6.45) is 4.61. The maximum absolute atomic E-state index is 13.1. The third kappa shape index (κ3) is 9.76. The Labute approximate surface area is 234 Å². The van der Waals surface area contributed by atoms with Gasteiger partial charge in [0.25, 0.3) is 0 Å². The number of sulfone groups is 1. The number of benzene rings is 2. The summed E-state index contributed by atoms with van der Waals surface area (Å²) in [5, 5.41) is 3.26. The lowest BCUT2D eigenvalue weighted by Gasteiger charge is -2.38.